The summed E-state index contributed by atoms with van der Waals surface area (Å²) in [6.07, 6.45) is 3.59. The third-order valence-corrected chi connectivity index (χ3v) is 3.18. The van der Waals surface area contributed by atoms with Crippen LogP contribution in [0.3, 0.4) is 0 Å². The Hall–Kier alpha value is -1.84. The highest BCUT2D eigenvalue weighted by atomic mass is 35.5. The van der Waals surface area contributed by atoms with Crippen molar-refractivity contribution in [2.24, 2.45) is 5.73 Å². The zero-order valence-corrected chi connectivity index (χ0v) is 10.4. The van der Waals surface area contributed by atoms with Crippen LogP contribution in [-0.2, 0) is 6.54 Å². The fraction of sp³-hybridized carbons (Fsp3) is 0.0714. The molecule has 90 valence electrons. The van der Waals surface area contributed by atoms with Crippen LogP contribution >= 0.6 is 11.6 Å². The molecule has 0 atom stereocenters. The van der Waals surface area contributed by atoms with Crippen LogP contribution < -0.4 is 5.73 Å². The second-order valence-electron chi connectivity index (χ2n) is 4.16. The van der Waals surface area contributed by atoms with Crippen molar-refractivity contribution < 1.29 is 0 Å². The monoisotopic (exact) mass is 257 g/mol. The fourth-order valence-electron chi connectivity index (χ4n) is 2.08. The first-order chi connectivity index (χ1) is 8.78. The van der Waals surface area contributed by atoms with E-state index in [4.69, 9.17) is 17.3 Å². The number of pyridine rings is 1. The molecular formula is C14H12ClN3. The van der Waals surface area contributed by atoms with E-state index in [2.05, 4.69) is 22.1 Å². The van der Waals surface area contributed by atoms with E-state index in [0.717, 1.165) is 27.7 Å². The van der Waals surface area contributed by atoms with Crippen molar-refractivity contribution in [3.05, 3.63) is 53.3 Å². The number of benzene rings is 1. The topological polar surface area (TPSA) is 54.7 Å². The van der Waals surface area contributed by atoms with Gasteiger partial charge >= 0.3 is 0 Å². The summed E-state index contributed by atoms with van der Waals surface area (Å²) in [5.74, 6) is 0. The van der Waals surface area contributed by atoms with E-state index in [1.54, 1.807) is 6.20 Å². The molecular weight excluding hydrogens is 246 g/mol. The second-order valence-corrected chi connectivity index (χ2v) is 4.59. The van der Waals surface area contributed by atoms with Gasteiger partial charge in [0, 0.05) is 29.9 Å². The van der Waals surface area contributed by atoms with Crippen LogP contribution in [0.1, 0.15) is 5.56 Å². The van der Waals surface area contributed by atoms with E-state index in [1.807, 2.05) is 24.4 Å². The van der Waals surface area contributed by atoms with Gasteiger partial charge in [-0.15, -0.1) is 0 Å². The molecule has 0 aliphatic heterocycles. The highest BCUT2D eigenvalue weighted by molar-refractivity contribution is 6.31. The lowest BCUT2D eigenvalue weighted by molar-refractivity contribution is 1.07. The van der Waals surface area contributed by atoms with Crippen molar-refractivity contribution in [1.82, 2.24) is 9.97 Å². The van der Waals surface area contributed by atoms with Crippen LogP contribution in [0.5, 0.6) is 0 Å². The third-order valence-electron chi connectivity index (χ3n) is 2.97. The summed E-state index contributed by atoms with van der Waals surface area (Å²) in [4.78, 5) is 7.41. The Morgan fingerprint density at radius 1 is 1.28 bits per heavy atom. The number of nitrogens with one attached hydrogen (secondary N) is 1. The third kappa shape index (κ3) is 1.88. The zero-order valence-electron chi connectivity index (χ0n) is 9.65. The lowest BCUT2D eigenvalue weighted by Gasteiger charge is -2.02. The predicted octanol–water partition coefficient (Wildman–Crippen LogP) is 3.34. The van der Waals surface area contributed by atoms with Gasteiger partial charge in [-0.3, -0.25) is 0 Å². The maximum Gasteiger partial charge on any atom is 0.137 e. The molecule has 0 aliphatic carbocycles. The lowest BCUT2D eigenvalue weighted by atomic mass is 10.0. The van der Waals surface area contributed by atoms with Crippen LogP contribution in [0, 0.1) is 0 Å². The molecule has 3 N–H and O–H groups in total. The first-order valence-corrected chi connectivity index (χ1v) is 6.08. The highest BCUT2D eigenvalue weighted by Gasteiger charge is 2.07. The molecule has 0 spiro atoms. The van der Waals surface area contributed by atoms with Crippen molar-refractivity contribution in [3.8, 4) is 11.1 Å². The molecule has 1 aromatic carbocycles. The van der Waals surface area contributed by atoms with Crippen LogP contribution in [0.4, 0.5) is 0 Å². The molecule has 3 rings (SSSR count). The number of aromatic nitrogens is 2. The molecule has 0 saturated carbocycles. The van der Waals surface area contributed by atoms with Gasteiger partial charge < -0.3 is 10.7 Å². The minimum atomic E-state index is 0.537. The van der Waals surface area contributed by atoms with Gasteiger partial charge in [0.25, 0.3) is 0 Å². The summed E-state index contributed by atoms with van der Waals surface area (Å²) in [5, 5.41) is 1.66. The minimum Gasteiger partial charge on any atom is -0.346 e. The summed E-state index contributed by atoms with van der Waals surface area (Å²) >= 11 is 6.00. The number of halogens is 1. The predicted molar refractivity (Wildman–Crippen MR) is 74.4 cm³/mol. The molecule has 2 aromatic heterocycles. The van der Waals surface area contributed by atoms with Gasteiger partial charge in [-0.2, -0.15) is 0 Å². The maximum absolute atomic E-state index is 6.00. The van der Waals surface area contributed by atoms with E-state index in [-0.39, 0.29) is 0 Å². The molecule has 18 heavy (non-hydrogen) atoms. The molecule has 4 heteroatoms. The Bertz CT molecular complexity index is 703. The summed E-state index contributed by atoms with van der Waals surface area (Å²) in [7, 11) is 0. The molecule has 3 nitrogen and oxygen atoms in total. The first-order valence-electron chi connectivity index (χ1n) is 5.70. The molecule has 0 radical (unpaired) electrons. The van der Waals surface area contributed by atoms with Gasteiger partial charge in [-0.1, -0.05) is 29.8 Å². The molecule has 2 heterocycles. The second kappa shape index (κ2) is 4.44. The average Bonchev–Trinajstić information content (AvgIpc) is 2.81. The van der Waals surface area contributed by atoms with Crippen molar-refractivity contribution in [3.63, 3.8) is 0 Å². The number of hydrogen-bond donors (Lipinski definition) is 2. The maximum atomic E-state index is 6.00. The van der Waals surface area contributed by atoms with Crippen molar-refractivity contribution in [2.45, 2.75) is 6.54 Å². The largest absolute Gasteiger partial charge is 0.346 e. The van der Waals surface area contributed by atoms with Crippen molar-refractivity contribution in [1.29, 1.82) is 0 Å². The van der Waals surface area contributed by atoms with Crippen molar-refractivity contribution in [2.75, 3.05) is 0 Å². The van der Waals surface area contributed by atoms with E-state index in [0.29, 0.717) is 11.6 Å². The zero-order chi connectivity index (χ0) is 12.5. The first kappa shape index (κ1) is 11.3. The minimum absolute atomic E-state index is 0.537. The number of fused-ring (bicyclic) bond motifs is 1. The number of hydrogen-bond acceptors (Lipinski definition) is 2. The number of H-pyrrole nitrogens is 1. The SMILES string of the molecule is NCc1cccc(-c2c[nH]c3ncc(Cl)cc23)c1. The standard InChI is InChI=1S/C14H12ClN3/c15-11-5-12-13(8-18-14(12)17-7-11)10-3-1-2-9(4-10)6-16/h1-5,7-8H,6,16H2,(H,17,18). The Morgan fingerprint density at radius 3 is 3.00 bits per heavy atom. The molecule has 0 amide bonds. The van der Waals surface area contributed by atoms with Gasteiger partial charge in [0.2, 0.25) is 0 Å². The molecule has 0 unspecified atom stereocenters. The smallest absolute Gasteiger partial charge is 0.137 e. The van der Waals surface area contributed by atoms with Crippen LogP contribution in [0.2, 0.25) is 5.02 Å². The van der Waals surface area contributed by atoms with Gasteiger partial charge in [0.1, 0.15) is 5.65 Å². The normalized spacial score (nSPS) is 11.0. The fourth-order valence-corrected chi connectivity index (χ4v) is 2.24. The lowest BCUT2D eigenvalue weighted by Crippen LogP contribution is -1.95. The Labute approximate surface area is 110 Å². The van der Waals surface area contributed by atoms with Gasteiger partial charge in [0.15, 0.2) is 0 Å². The van der Waals surface area contributed by atoms with Gasteiger partial charge in [0.05, 0.1) is 5.02 Å². The summed E-state index contributed by atoms with van der Waals surface area (Å²) in [6, 6.07) is 10.1. The number of aromatic amines is 1. The Balaban J connectivity index is 2.21. The van der Waals surface area contributed by atoms with E-state index in [1.165, 1.54) is 0 Å². The van der Waals surface area contributed by atoms with Crippen LogP contribution in [0.15, 0.2) is 42.7 Å². The number of nitrogens with two attached hydrogens (primary N) is 1. The van der Waals surface area contributed by atoms with Crippen LogP contribution in [-0.4, -0.2) is 9.97 Å². The average molecular weight is 258 g/mol. The molecule has 0 fully saturated rings. The Morgan fingerprint density at radius 2 is 2.17 bits per heavy atom. The molecule has 0 saturated heterocycles. The van der Waals surface area contributed by atoms with Crippen molar-refractivity contribution >= 4 is 22.6 Å². The molecule has 0 bridgehead atoms. The summed E-state index contributed by atoms with van der Waals surface area (Å²) in [6.45, 7) is 0.537. The van der Waals surface area contributed by atoms with E-state index < -0.39 is 0 Å². The highest BCUT2D eigenvalue weighted by Crippen LogP contribution is 2.29. The molecule has 0 aliphatic rings. The summed E-state index contributed by atoms with van der Waals surface area (Å²) in [5.41, 5.74) is 9.83. The Kier molecular flexibility index (Phi) is 2.78. The molecule has 3 aromatic rings. The van der Waals surface area contributed by atoms with Crippen LogP contribution in [0.25, 0.3) is 22.2 Å². The van der Waals surface area contributed by atoms with E-state index in [9.17, 15) is 0 Å². The number of nitrogens with zero attached hydrogens (tertiary/aromatic N) is 1. The number of rotatable bonds is 2. The van der Waals surface area contributed by atoms with Gasteiger partial charge in [-0.05, 0) is 23.3 Å². The summed E-state index contributed by atoms with van der Waals surface area (Å²) < 4.78 is 0. The quantitative estimate of drug-likeness (QED) is 0.740. The van der Waals surface area contributed by atoms with Gasteiger partial charge in [-0.25, -0.2) is 4.98 Å². The van der Waals surface area contributed by atoms with E-state index >= 15 is 0 Å².